The first kappa shape index (κ1) is 14.3. The molecule has 3 N–H and O–H groups in total. The summed E-state index contributed by atoms with van der Waals surface area (Å²) in [4.78, 5) is 34.9. The fourth-order valence-electron chi connectivity index (χ4n) is 3.33. The number of urea groups is 1. The second-order valence-electron chi connectivity index (χ2n) is 5.59. The summed E-state index contributed by atoms with van der Waals surface area (Å²) in [6.45, 7) is -0.456. The van der Waals surface area contributed by atoms with E-state index in [2.05, 4.69) is 10.6 Å². The molecule has 0 radical (unpaired) electrons. The molecule has 1 fully saturated rings. The molecular formula is C17H12N2O5. The van der Waals surface area contributed by atoms with E-state index in [4.69, 9.17) is 9.84 Å². The van der Waals surface area contributed by atoms with E-state index in [9.17, 15) is 14.4 Å². The third-order valence-corrected chi connectivity index (χ3v) is 4.25. The topological polar surface area (TPSA) is 105 Å². The molecular weight excluding hydrogens is 312 g/mol. The van der Waals surface area contributed by atoms with Crippen LogP contribution in [0.3, 0.4) is 0 Å². The number of hydrogen-bond acceptors (Lipinski definition) is 4. The van der Waals surface area contributed by atoms with Crippen molar-refractivity contribution in [3.8, 4) is 16.9 Å². The van der Waals surface area contributed by atoms with Gasteiger partial charge in [0, 0.05) is 0 Å². The quantitative estimate of drug-likeness (QED) is 0.736. The standard InChI is InChI=1S/C17H12N2O5/c20-14(21)8-24-9-5-6-13-11(7-9)10-3-1-2-4-12(10)17(13)15(22)18-16(23)19-17/h1-7H,8H2,(H,20,21)(H2,18,19,22,23). The highest BCUT2D eigenvalue weighted by atomic mass is 16.5. The first-order chi connectivity index (χ1) is 11.5. The Morgan fingerprint density at radius 1 is 1.08 bits per heavy atom. The van der Waals surface area contributed by atoms with Crippen LogP contribution < -0.4 is 15.4 Å². The minimum atomic E-state index is -1.26. The maximum Gasteiger partial charge on any atom is 0.341 e. The number of hydrogen-bond donors (Lipinski definition) is 3. The largest absolute Gasteiger partial charge is 0.482 e. The highest BCUT2D eigenvalue weighted by molar-refractivity contribution is 6.13. The minimum Gasteiger partial charge on any atom is -0.482 e. The predicted octanol–water partition coefficient (Wildman–Crippen LogP) is 1.21. The first-order valence-corrected chi connectivity index (χ1v) is 7.25. The number of carbonyl (C=O) groups is 3. The highest BCUT2D eigenvalue weighted by Crippen LogP contribution is 2.49. The number of ether oxygens (including phenoxy) is 1. The predicted molar refractivity (Wildman–Crippen MR) is 82.5 cm³/mol. The molecule has 7 heteroatoms. The Balaban J connectivity index is 1.89. The number of nitrogens with one attached hydrogen (secondary N) is 2. The fourth-order valence-corrected chi connectivity index (χ4v) is 3.33. The van der Waals surface area contributed by atoms with Gasteiger partial charge in [0.25, 0.3) is 5.91 Å². The van der Waals surface area contributed by atoms with Gasteiger partial charge in [-0.3, -0.25) is 10.1 Å². The smallest absolute Gasteiger partial charge is 0.341 e. The number of amides is 3. The Morgan fingerprint density at radius 3 is 2.54 bits per heavy atom. The van der Waals surface area contributed by atoms with Gasteiger partial charge in [-0.15, -0.1) is 0 Å². The summed E-state index contributed by atoms with van der Waals surface area (Å²) in [6, 6.07) is 11.7. The number of fused-ring (bicyclic) bond motifs is 5. The van der Waals surface area contributed by atoms with Crippen LogP contribution in [0, 0.1) is 0 Å². The molecule has 0 saturated carbocycles. The lowest BCUT2D eigenvalue weighted by Gasteiger charge is -2.23. The molecule has 1 atom stereocenters. The van der Waals surface area contributed by atoms with Crippen molar-refractivity contribution in [2.45, 2.75) is 5.54 Å². The molecule has 1 aliphatic carbocycles. The Morgan fingerprint density at radius 2 is 1.83 bits per heavy atom. The van der Waals surface area contributed by atoms with E-state index in [1.807, 2.05) is 12.1 Å². The van der Waals surface area contributed by atoms with Crippen LogP contribution in [-0.4, -0.2) is 29.6 Å². The van der Waals surface area contributed by atoms with E-state index in [-0.39, 0.29) is 0 Å². The van der Waals surface area contributed by atoms with Crippen molar-refractivity contribution in [1.82, 2.24) is 10.6 Å². The van der Waals surface area contributed by atoms with Crippen LogP contribution in [0.1, 0.15) is 11.1 Å². The second-order valence-corrected chi connectivity index (χ2v) is 5.59. The van der Waals surface area contributed by atoms with Gasteiger partial charge in [-0.1, -0.05) is 30.3 Å². The van der Waals surface area contributed by atoms with Crippen molar-refractivity contribution in [2.24, 2.45) is 0 Å². The number of carbonyl (C=O) groups excluding carboxylic acids is 2. The third-order valence-electron chi connectivity index (χ3n) is 4.25. The molecule has 4 rings (SSSR count). The van der Waals surface area contributed by atoms with Crippen LogP contribution in [0.25, 0.3) is 11.1 Å². The summed E-state index contributed by atoms with van der Waals surface area (Å²) >= 11 is 0. The second kappa shape index (κ2) is 4.82. The lowest BCUT2D eigenvalue weighted by atomic mass is 9.87. The molecule has 120 valence electrons. The van der Waals surface area contributed by atoms with Gasteiger partial charge in [-0.25, -0.2) is 9.59 Å². The summed E-state index contributed by atoms with van der Waals surface area (Å²) < 4.78 is 5.22. The Kier molecular flexibility index (Phi) is 2.86. The monoisotopic (exact) mass is 324 g/mol. The average Bonchev–Trinajstić information content (AvgIpc) is 3.01. The van der Waals surface area contributed by atoms with Gasteiger partial charge in [0.15, 0.2) is 12.1 Å². The van der Waals surface area contributed by atoms with E-state index in [1.165, 1.54) is 0 Å². The van der Waals surface area contributed by atoms with Crippen LogP contribution in [0.4, 0.5) is 4.79 Å². The molecule has 7 nitrogen and oxygen atoms in total. The molecule has 0 bridgehead atoms. The van der Waals surface area contributed by atoms with Crippen LogP contribution in [0.5, 0.6) is 5.75 Å². The Hall–Kier alpha value is -3.35. The highest BCUT2D eigenvalue weighted by Gasteiger charge is 2.54. The van der Waals surface area contributed by atoms with Crippen molar-refractivity contribution in [2.75, 3.05) is 6.61 Å². The molecule has 1 aliphatic heterocycles. The van der Waals surface area contributed by atoms with Gasteiger partial charge in [0.1, 0.15) is 5.75 Å². The summed E-state index contributed by atoms with van der Waals surface area (Å²) in [7, 11) is 0. The lowest BCUT2D eigenvalue weighted by Crippen LogP contribution is -2.43. The number of carboxylic acids is 1. The van der Waals surface area contributed by atoms with Crippen LogP contribution in [0.2, 0.25) is 0 Å². The molecule has 2 aromatic rings. The maximum absolute atomic E-state index is 12.5. The zero-order valence-corrected chi connectivity index (χ0v) is 12.3. The molecule has 3 amide bonds. The van der Waals surface area contributed by atoms with Gasteiger partial charge in [-0.05, 0) is 34.4 Å². The zero-order chi connectivity index (χ0) is 16.9. The number of rotatable bonds is 3. The SMILES string of the molecule is O=C(O)COc1ccc2c(c1)-c1ccccc1C21NC(=O)NC1=O. The molecule has 24 heavy (non-hydrogen) atoms. The van der Waals surface area contributed by atoms with Crippen LogP contribution >= 0.6 is 0 Å². The summed E-state index contributed by atoms with van der Waals surface area (Å²) in [5.41, 5.74) is 1.58. The van der Waals surface area contributed by atoms with E-state index in [1.54, 1.807) is 30.3 Å². The lowest BCUT2D eigenvalue weighted by molar-refractivity contribution is -0.139. The number of aliphatic carboxylic acids is 1. The fraction of sp³-hybridized carbons (Fsp3) is 0.118. The van der Waals surface area contributed by atoms with E-state index < -0.39 is 30.1 Å². The summed E-state index contributed by atoms with van der Waals surface area (Å²) in [5, 5.41) is 13.7. The summed E-state index contributed by atoms with van der Waals surface area (Å²) in [6.07, 6.45) is 0. The Bertz CT molecular complexity index is 908. The zero-order valence-electron chi connectivity index (χ0n) is 12.3. The molecule has 2 aliphatic rings. The van der Waals surface area contributed by atoms with Crippen molar-refractivity contribution >= 4 is 17.9 Å². The van der Waals surface area contributed by atoms with Gasteiger partial charge < -0.3 is 15.2 Å². The third kappa shape index (κ3) is 1.81. The van der Waals surface area contributed by atoms with Gasteiger partial charge in [0.2, 0.25) is 0 Å². The van der Waals surface area contributed by atoms with E-state index in [0.717, 1.165) is 11.1 Å². The van der Waals surface area contributed by atoms with Gasteiger partial charge in [0.05, 0.1) is 0 Å². The summed E-state index contributed by atoms with van der Waals surface area (Å²) in [5.74, 6) is -1.12. The van der Waals surface area contributed by atoms with Crippen molar-refractivity contribution < 1.29 is 24.2 Å². The normalized spacial score (nSPS) is 20.3. The average molecular weight is 324 g/mol. The van der Waals surface area contributed by atoms with Gasteiger partial charge >= 0.3 is 12.0 Å². The van der Waals surface area contributed by atoms with Crippen molar-refractivity contribution in [3.63, 3.8) is 0 Å². The van der Waals surface area contributed by atoms with Gasteiger partial charge in [-0.2, -0.15) is 0 Å². The molecule has 1 heterocycles. The van der Waals surface area contributed by atoms with E-state index >= 15 is 0 Å². The maximum atomic E-state index is 12.5. The molecule has 1 spiro atoms. The molecule has 0 aromatic heterocycles. The van der Waals surface area contributed by atoms with Crippen molar-refractivity contribution in [3.05, 3.63) is 53.6 Å². The first-order valence-electron chi connectivity index (χ1n) is 7.25. The minimum absolute atomic E-state index is 0.382. The van der Waals surface area contributed by atoms with Crippen LogP contribution in [0.15, 0.2) is 42.5 Å². The number of imide groups is 1. The van der Waals surface area contributed by atoms with E-state index in [0.29, 0.717) is 16.9 Å². The molecule has 1 saturated heterocycles. The van der Waals surface area contributed by atoms with Crippen molar-refractivity contribution in [1.29, 1.82) is 0 Å². The Labute approximate surface area is 136 Å². The number of carboxylic acid groups (broad SMARTS) is 1. The van der Waals surface area contributed by atoms with Crippen LogP contribution in [-0.2, 0) is 15.1 Å². The molecule has 1 unspecified atom stereocenters. The molecule has 2 aromatic carbocycles. The number of benzene rings is 2.